The molecule has 7 nitrogen and oxygen atoms in total. The number of aromatic amines is 2. The number of pyridine rings is 2. The normalized spacial score (nSPS) is 12.4. The van der Waals surface area contributed by atoms with Crippen LogP contribution in [0.1, 0.15) is 11.1 Å². The van der Waals surface area contributed by atoms with Crippen molar-refractivity contribution >= 4 is 53.7 Å². The van der Waals surface area contributed by atoms with Gasteiger partial charge in [0.05, 0.1) is 27.5 Å². The van der Waals surface area contributed by atoms with E-state index in [1.165, 1.54) is 6.07 Å². The fourth-order valence-corrected chi connectivity index (χ4v) is 5.01. The molecule has 0 fully saturated rings. The Bertz CT molecular complexity index is 1780. The molecule has 3 N–H and O–H groups in total. The molecule has 0 aliphatic rings. The number of H-pyrrole nitrogens is 2. The maximum Gasteiger partial charge on any atom is 0.297 e. The van der Waals surface area contributed by atoms with Crippen LogP contribution in [0.2, 0.25) is 0 Å². The molecular weight excluding hydrogens is 404 g/mol. The van der Waals surface area contributed by atoms with E-state index in [0.717, 1.165) is 11.1 Å². The second kappa shape index (κ2) is 6.01. The van der Waals surface area contributed by atoms with E-state index in [1.54, 1.807) is 37.3 Å². The summed E-state index contributed by atoms with van der Waals surface area (Å²) in [6.45, 7) is 3.60. The fourth-order valence-electron chi connectivity index (χ4n) is 4.13. The average molecular weight is 420 g/mol. The predicted octanol–water partition coefficient (Wildman–Crippen LogP) is 3.54. The second-order valence-corrected chi connectivity index (χ2v) is 8.79. The Labute approximate surface area is 169 Å². The Morgan fingerprint density at radius 2 is 1.33 bits per heavy atom. The van der Waals surface area contributed by atoms with E-state index in [-0.39, 0.29) is 27.2 Å². The number of hydrogen-bond donors (Lipinski definition) is 3. The van der Waals surface area contributed by atoms with E-state index < -0.39 is 20.4 Å². The number of fused-ring (bicyclic) bond motifs is 4. The summed E-state index contributed by atoms with van der Waals surface area (Å²) >= 11 is 0. The third-order valence-corrected chi connectivity index (χ3v) is 6.48. The highest BCUT2D eigenvalue weighted by atomic mass is 32.2. The van der Waals surface area contributed by atoms with Gasteiger partial charge in [0.25, 0.3) is 10.1 Å². The summed E-state index contributed by atoms with van der Waals surface area (Å²) in [4.78, 5) is 31.9. The molecule has 30 heavy (non-hydrogen) atoms. The lowest BCUT2D eigenvalue weighted by Crippen LogP contribution is -2.14. The standard InChI is InChI=1S/C22H16N2O5S/c1-10-5-4-8-13-17(10)23-15-9-14-19(22(30(27,28)29)16(15)21(13)26)24-18-11(2)6-3-7-12(18)20(14)25/h3-9H,1-2H3,(H,23,26)(H,24,25)(H,27,28,29). The summed E-state index contributed by atoms with van der Waals surface area (Å²) < 4.78 is 34.9. The number of aromatic nitrogens is 2. The lowest BCUT2D eigenvalue weighted by atomic mass is 10.0. The molecule has 0 bridgehead atoms. The van der Waals surface area contributed by atoms with Crippen molar-refractivity contribution in [2.45, 2.75) is 18.7 Å². The monoisotopic (exact) mass is 420 g/mol. The highest BCUT2D eigenvalue weighted by Gasteiger charge is 2.25. The van der Waals surface area contributed by atoms with Gasteiger partial charge < -0.3 is 9.97 Å². The van der Waals surface area contributed by atoms with Gasteiger partial charge in [0.15, 0.2) is 10.9 Å². The van der Waals surface area contributed by atoms with Gasteiger partial charge in [-0.15, -0.1) is 0 Å². The Balaban J connectivity index is 2.19. The largest absolute Gasteiger partial charge is 0.354 e. The summed E-state index contributed by atoms with van der Waals surface area (Å²) in [6, 6.07) is 11.7. The topological polar surface area (TPSA) is 120 Å². The summed E-state index contributed by atoms with van der Waals surface area (Å²) in [7, 11) is -4.85. The minimum Gasteiger partial charge on any atom is -0.354 e. The molecule has 8 heteroatoms. The molecule has 0 radical (unpaired) electrons. The minimum absolute atomic E-state index is 0.0665. The Kier molecular flexibility index (Phi) is 3.71. The molecule has 0 unspecified atom stereocenters. The first-order chi connectivity index (χ1) is 14.2. The summed E-state index contributed by atoms with van der Waals surface area (Å²) in [5.41, 5.74) is 1.67. The first-order valence-corrected chi connectivity index (χ1v) is 10.6. The third-order valence-electron chi connectivity index (χ3n) is 5.56. The van der Waals surface area contributed by atoms with Crippen molar-refractivity contribution in [2.75, 3.05) is 0 Å². The van der Waals surface area contributed by atoms with Gasteiger partial charge in [-0.25, -0.2) is 0 Å². The number of aryl methyl sites for hydroxylation is 2. The van der Waals surface area contributed by atoms with E-state index in [9.17, 15) is 22.6 Å². The molecule has 0 amide bonds. The SMILES string of the molecule is Cc1cccc2c(=O)c3cc4[nH]c5c(C)cccc5c(=O)c4c(S(=O)(=O)O)c3[nH]c12. The van der Waals surface area contributed by atoms with E-state index >= 15 is 0 Å². The van der Waals surface area contributed by atoms with Crippen molar-refractivity contribution in [3.05, 3.63) is 74.0 Å². The first-order valence-electron chi connectivity index (χ1n) is 9.19. The maximum absolute atomic E-state index is 13.3. The molecule has 2 heterocycles. The molecular formula is C22H16N2O5S. The lowest BCUT2D eigenvalue weighted by Gasteiger charge is -2.12. The van der Waals surface area contributed by atoms with Gasteiger partial charge in [-0.3, -0.25) is 14.1 Å². The summed E-state index contributed by atoms with van der Waals surface area (Å²) in [5, 5.41) is 0.567. The molecule has 0 atom stereocenters. The number of benzene rings is 3. The van der Waals surface area contributed by atoms with Gasteiger partial charge >= 0.3 is 0 Å². The van der Waals surface area contributed by atoms with Crippen LogP contribution in [0.5, 0.6) is 0 Å². The molecule has 0 saturated carbocycles. The second-order valence-electron chi connectivity index (χ2n) is 7.43. The smallest absolute Gasteiger partial charge is 0.297 e. The average Bonchev–Trinajstić information content (AvgIpc) is 2.68. The van der Waals surface area contributed by atoms with E-state index in [4.69, 9.17) is 0 Å². The summed E-state index contributed by atoms with van der Waals surface area (Å²) in [5.74, 6) is 0. The number of para-hydroxylation sites is 2. The molecule has 5 aromatic rings. The summed E-state index contributed by atoms with van der Waals surface area (Å²) in [6.07, 6.45) is 0. The van der Waals surface area contributed by atoms with Crippen LogP contribution < -0.4 is 10.9 Å². The van der Waals surface area contributed by atoms with E-state index in [0.29, 0.717) is 21.8 Å². The lowest BCUT2D eigenvalue weighted by molar-refractivity contribution is 0.485. The van der Waals surface area contributed by atoms with Crippen molar-refractivity contribution < 1.29 is 13.0 Å². The van der Waals surface area contributed by atoms with Gasteiger partial charge in [0.1, 0.15) is 4.90 Å². The third kappa shape index (κ3) is 2.44. The van der Waals surface area contributed by atoms with Crippen LogP contribution in [0.15, 0.2) is 56.9 Å². The molecule has 3 aromatic carbocycles. The van der Waals surface area contributed by atoms with Crippen molar-refractivity contribution in [3.63, 3.8) is 0 Å². The van der Waals surface area contributed by atoms with Crippen LogP contribution in [0.4, 0.5) is 0 Å². The van der Waals surface area contributed by atoms with Gasteiger partial charge in [-0.2, -0.15) is 8.42 Å². The van der Waals surface area contributed by atoms with Crippen LogP contribution in [0, 0.1) is 13.8 Å². The van der Waals surface area contributed by atoms with Gasteiger partial charge in [-0.1, -0.05) is 24.3 Å². The zero-order valence-corrected chi connectivity index (χ0v) is 16.8. The van der Waals surface area contributed by atoms with Crippen LogP contribution in [0.3, 0.4) is 0 Å². The van der Waals surface area contributed by atoms with E-state index in [2.05, 4.69) is 9.97 Å². The molecule has 0 saturated heterocycles. The maximum atomic E-state index is 13.3. The molecule has 150 valence electrons. The molecule has 0 aliphatic heterocycles. The Hall–Kier alpha value is -3.49. The molecule has 5 rings (SSSR count). The molecule has 0 spiro atoms. The van der Waals surface area contributed by atoms with E-state index in [1.807, 2.05) is 13.0 Å². The van der Waals surface area contributed by atoms with Gasteiger partial charge in [0.2, 0.25) is 0 Å². The van der Waals surface area contributed by atoms with Gasteiger partial charge in [0, 0.05) is 16.2 Å². The number of rotatable bonds is 1. The predicted molar refractivity (Wildman–Crippen MR) is 117 cm³/mol. The van der Waals surface area contributed by atoms with Crippen LogP contribution in [-0.2, 0) is 10.1 Å². The molecule has 2 aromatic heterocycles. The highest BCUT2D eigenvalue weighted by molar-refractivity contribution is 7.86. The Morgan fingerprint density at radius 1 is 0.767 bits per heavy atom. The zero-order chi connectivity index (χ0) is 21.4. The Morgan fingerprint density at radius 3 is 1.93 bits per heavy atom. The fraction of sp³-hybridized carbons (Fsp3) is 0.0909. The number of hydrogen-bond acceptors (Lipinski definition) is 4. The quantitative estimate of drug-likeness (QED) is 0.283. The van der Waals surface area contributed by atoms with Crippen molar-refractivity contribution in [3.8, 4) is 0 Å². The van der Waals surface area contributed by atoms with Crippen molar-refractivity contribution in [1.29, 1.82) is 0 Å². The first kappa shape index (κ1) is 18.5. The zero-order valence-electron chi connectivity index (χ0n) is 16.0. The molecule has 0 aliphatic carbocycles. The highest BCUT2D eigenvalue weighted by Crippen LogP contribution is 2.30. The van der Waals surface area contributed by atoms with Crippen LogP contribution >= 0.6 is 0 Å². The minimum atomic E-state index is -4.85. The van der Waals surface area contributed by atoms with Crippen LogP contribution in [-0.4, -0.2) is 22.9 Å². The van der Waals surface area contributed by atoms with Crippen LogP contribution in [0.25, 0.3) is 43.6 Å². The van der Waals surface area contributed by atoms with Gasteiger partial charge in [-0.05, 0) is 43.2 Å². The number of nitrogens with one attached hydrogen (secondary N) is 2. The van der Waals surface area contributed by atoms with Crippen molar-refractivity contribution in [2.24, 2.45) is 0 Å². The van der Waals surface area contributed by atoms with Crippen molar-refractivity contribution in [1.82, 2.24) is 9.97 Å².